The fourth-order valence-electron chi connectivity index (χ4n) is 4.29. The van der Waals surface area contributed by atoms with E-state index in [-0.39, 0.29) is 17.7 Å². The largest absolute Gasteiger partial charge is 0.372 e. The van der Waals surface area contributed by atoms with Crippen molar-refractivity contribution in [1.82, 2.24) is 4.90 Å². The monoisotopic (exact) mass is 436 g/mol. The Labute approximate surface area is 191 Å². The number of piperidine rings is 1. The highest BCUT2D eigenvalue weighted by atomic mass is 16.2. The number of amides is 2. The van der Waals surface area contributed by atoms with E-state index in [1.54, 1.807) is 0 Å². The Balaban J connectivity index is 1.66. The number of hydrogen-bond acceptors (Lipinski definition) is 4. The highest BCUT2D eigenvalue weighted by Crippen LogP contribution is 2.23. The van der Waals surface area contributed by atoms with Crippen LogP contribution in [0.2, 0.25) is 0 Å². The number of nitrogens with two attached hydrogens (primary N) is 1. The van der Waals surface area contributed by atoms with Gasteiger partial charge in [-0.2, -0.15) is 0 Å². The van der Waals surface area contributed by atoms with Gasteiger partial charge in [0.15, 0.2) is 0 Å². The molecule has 32 heavy (non-hydrogen) atoms. The van der Waals surface area contributed by atoms with E-state index in [2.05, 4.69) is 29.0 Å². The van der Waals surface area contributed by atoms with Gasteiger partial charge < -0.3 is 16.0 Å². The third-order valence-corrected chi connectivity index (χ3v) is 6.23. The van der Waals surface area contributed by atoms with Gasteiger partial charge in [0, 0.05) is 43.1 Å². The van der Waals surface area contributed by atoms with Crippen LogP contribution in [0, 0.1) is 5.92 Å². The molecule has 0 aliphatic carbocycles. The number of nitrogens with one attached hydrogen (secondary N) is 1. The number of carbonyl (C=O) groups excluding carboxylic acids is 2. The maximum atomic E-state index is 12.9. The van der Waals surface area contributed by atoms with E-state index in [0.717, 1.165) is 62.3 Å². The number of unbranched alkanes of at least 4 members (excludes halogenated alkanes) is 1. The number of rotatable bonds is 10. The summed E-state index contributed by atoms with van der Waals surface area (Å²) < 4.78 is 0. The fraction of sp³-hybridized carbons (Fsp3) is 0.462. The van der Waals surface area contributed by atoms with Crippen molar-refractivity contribution in [2.75, 3.05) is 36.4 Å². The van der Waals surface area contributed by atoms with Crippen molar-refractivity contribution in [3.8, 4) is 0 Å². The van der Waals surface area contributed by atoms with Crippen molar-refractivity contribution in [1.29, 1.82) is 0 Å². The van der Waals surface area contributed by atoms with Crippen molar-refractivity contribution < 1.29 is 9.59 Å². The second-order valence-electron chi connectivity index (χ2n) is 8.57. The average molecular weight is 437 g/mol. The molecule has 0 spiro atoms. The van der Waals surface area contributed by atoms with Crippen LogP contribution in [0.5, 0.6) is 0 Å². The molecule has 3 rings (SSSR count). The van der Waals surface area contributed by atoms with Gasteiger partial charge in [-0.3, -0.25) is 14.5 Å². The Bertz CT molecular complexity index is 897. The molecule has 2 aromatic rings. The molecular weight excluding hydrogens is 400 g/mol. The Morgan fingerprint density at radius 2 is 1.88 bits per heavy atom. The van der Waals surface area contributed by atoms with E-state index in [9.17, 15) is 9.59 Å². The summed E-state index contributed by atoms with van der Waals surface area (Å²) in [5.41, 5.74) is 9.15. The Kier molecular flexibility index (Phi) is 8.68. The number of likely N-dealkylation sites (tertiary alicyclic amines) is 1. The summed E-state index contributed by atoms with van der Waals surface area (Å²) in [7, 11) is 0. The smallest absolute Gasteiger partial charge is 0.255 e. The molecule has 1 atom stereocenters. The molecule has 1 saturated heterocycles. The summed E-state index contributed by atoms with van der Waals surface area (Å²) in [4.78, 5) is 29.1. The third-order valence-electron chi connectivity index (χ3n) is 6.23. The van der Waals surface area contributed by atoms with Gasteiger partial charge >= 0.3 is 0 Å². The number of anilines is 2. The lowest BCUT2D eigenvalue weighted by Crippen LogP contribution is -2.40. The minimum atomic E-state index is -0.226. The topological polar surface area (TPSA) is 78.7 Å². The Hall–Kier alpha value is -2.86. The summed E-state index contributed by atoms with van der Waals surface area (Å²) in [6.45, 7) is 8.61. The van der Waals surface area contributed by atoms with E-state index in [4.69, 9.17) is 5.73 Å². The maximum absolute atomic E-state index is 12.9. The first-order valence-electron chi connectivity index (χ1n) is 11.8. The van der Waals surface area contributed by atoms with Gasteiger partial charge in [-0.25, -0.2) is 0 Å². The summed E-state index contributed by atoms with van der Waals surface area (Å²) in [6.07, 6.45) is 4.14. The zero-order chi connectivity index (χ0) is 22.9. The summed E-state index contributed by atoms with van der Waals surface area (Å²) in [5.74, 6) is -0.436. The predicted molar refractivity (Wildman–Crippen MR) is 131 cm³/mol. The first kappa shape index (κ1) is 23.8. The molecule has 3 N–H and O–H groups in total. The van der Waals surface area contributed by atoms with Crippen molar-refractivity contribution in [3.05, 3.63) is 59.7 Å². The number of carbonyl (C=O) groups is 2. The van der Waals surface area contributed by atoms with E-state index in [1.165, 1.54) is 0 Å². The van der Waals surface area contributed by atoms with Gasteiger partial charge in [0.25, 0.3) is 5.91 Å². The average Bonchev–Trinajstić information content (AvgIpc) is 2.81. The van der Waals surface area contributed by atoms with Crippen LogP contribution in [0.25, 0.3) is 0 Å². The van der Waals surface area contributed by atoms with Crippen molar-refractivity contribution >= 4 is 23.2 Å². The summed E-state index contributed by atoms with van der Waals surface area (Å²) in [5, 5.41) is 3.08. The fourth-order valence-corrected chi connectivity index (χ4v) is 4.29. The minimum absolute atomic E-state index is 0.0935. The Morgan fingerprint density at radius 1 is 1.12 bits per heavy atom. The van der Waals surface area contributed by atoms with Gasteiger partial charge in [-0.1, -0.05) is 31.5 Å². The number of hydrogen-bond donors (Lipinski definition) is 2. The molecule has 1 aliphatic heterocycles. The van der Waals surface area contributed by atoms with E-state index < -0.39 is 0 Å². The second kappa shape index (κ2) is 11.7. The van der Waals surface area contributed by atoms with Gasteiger partial charge in [-0.15, -0.1) is 0 Å². The normalized spacial score (nSPS) is 16.5. The summed E-state index contributed by atoms with van der Waals surface area (Å²) >= 11 is 0. The van der Waals surface area contributed by atoms with Crippen LogP contribution < -0.4 is 16.0 Å². The molecule has 2 aromatic carbocycles. The molecular formula is C26H36N4O2. The van der Waals surface area contributed by atoms with Gasteiger partial charge in [0.1, 0.15) is 0 Å². The minimum Gasteiger partial charge on any atom is -0.372 e. The second-order valence-corrected chi connectivity index (χ2v) is 8.57. The maximum Gasteiger partial charge on any atom is 0.255 e. The molecule has 0 radical (unpaired) electrons. The molecule has 0 saturated carbocycles. The summed E-state index contributed by atoms with van der Waals surface area (Å²) in [6, 6.07) is 15.7. The number of benzene rings is 2. The zero-order valence-electron chi connectivity index (χ0n) is 19.3. The van der Waals surface area contributed by atoms with Crippen molar-refractivity contribution in [2.24, 2.45) is 11.7 Å². The van der Waals surface area contributed by atoms with Crippen molar-refractivity contribution in [2.45, 2.75) is 46.1 Å². The number of nitrogens with zero attached hydrogens (tertiary/aromatic N) is 2. The highest BCUT2D eigenvalue weighted by Gasteiger charge is 2.24. The van der Waals surface area contributed by atoms with Crippen LogP contribution in [-0.4, -0.2) is 42.9 Å². The van der Waals surface area contributed by atoms with Crippen LogP contribution in [-0.2, 0) is 11.3 Å². The van der Waals surface area contributed by atoms with E-state index in [0.29, 0.717) is 18.7 Å². The van der Waals surface area contributed by atoms with Crippen LogP contribution in [0.3, 0.4) is 0 Å². The molecule has 6 heteroatoms. The molecule has 1 aliphatic rings. The van der Waals surface area contributed by atoms with Crippen molar-refractivity contribution in [3.63, 3.8) is 0 Å². The first-order valence-corrected chi connectivity index (χ1v) is 11.8. The Morgan fingerprint density at radius 3 is 2.56 bits per heavy atom. The molecule has 6 nitrogen and oxygen atoms in total. The quantitative estimate of drug-likeness (QED) is 0.583. The molecule has 1 unspecified atom stereocenters. The predicted octanol–water partition coefficient (Wildman–Crippen LogP) is 4.26. The lowest BCUT2D eigenvalue weighted by Gasteiger charge is -2.31. The van der Waals surface area contributed by atoms with E-state index >= 15 is 0 Å². The van der Waals surface area contributed by atoms with Gasteiger partial charge in [0.2, 0.25) is 5.91 Å². The molecule has 1 heterocycles. The molecule has 172 valence electrons. The third kappa shape index (κ3) is 6.33. The molecule has 0 bridgehead atoms. The SMILES string of the molecule is CCCCN(CC)c1ccc(C(=O)Nc2ccccc2CN2CCCC(C(N)=O)C2)cc1. The molecule has 1 fully saturated rings. The lowest BCUT2D eigenvalue weighted by atomic mass is 9.97. The van der Waals surface area contributed by atoms with Crippen LogP contribution in [0.1, 0.15) is 55.5 Å². The van der Waals surface area contributed by atoms with Gasteiger partial charge in [0.05, 0.1) is 5.92 Å². The molecule has 2 amide bonds. The van der Waals surface area contributed by atoms with Crippen LogP contribution >= 0.6 is 0 Å². The van der Waals surface area contributed by atoms with Crippen LogP contribution in [0.4, 0.5) is 11.4 Å². The lowest BCUT2D eigenvalue weighted by molar-refractivity contribution is -0.123. The first-order chi connectivity index (χ1) is 15.5. The number of para-hydroxylation sites is 1. The zero-order valence-corrected chi connectivity index (χ0v) is 19.3. The highest BCUT2D eigenvalue weighted by molar-refractivity contribution is 6.04. The molecule has 0 aromatic heterocycles. The standard InChI is InChI=1S/C26H36N4O2/c1-3-5-17-30(4-2)23-14-12-20(13-15-23)26(32)28-24-11-7-6-9-21(24)18-29-16-8-10-22(19-29)25(27)31/h6-7,9,11-15,22H,3-5,8,10,16-19H2,1-2H3,(H2,27,31)(H,28,32). The number of primary amides is 1. The van der Waals surface area contributed by atoms with E-state index in [1.807, 2.05) is 48.5 Å². The van der Waals surface area contributed by atoms with Crippen LogP contribution in [0.15, 0.2) is 48.5 Å². The van der Waals surface area contributed by atoms with Gasteiger partial charge in [-0.05, 0) is 68.6 Å².